The predicted octanol–water partition coefficient (Wildman–Crippen LogP) is 2.37. The maximum absolute atomic E-state index is 12.5. The SMILES string of the molecule is CCN(Cc1ccc(OCc2cccs2)c(OC)c1)C(=O)Cn1cnnn1. The molecule has 2 aromatic heterocycles. The third-order valence-electron chi connectivity index (χ3n) is 3.97. The standard InChI is InChI=1S/C18H21N5O3S/c1-3-22(18(24)11-23-13-19-20-21-23)10-14-6-7-16(17(9-14)25-2)26-12-15-5-4-8-27-15/h4-9,13H,3,10-12H2,1-2H3. The minimum Gasteiger partial charge on any atom is -0.493 e. The van der Waals surface area contributed by atoms with Crippen molar-refractivity contribution in [2.75, 3.05) is 13.7 Å². The van der Waals surface area contributed by atoms with Crippen LogP contribution in [0.25, 0.3) is 0 Å². The van der Waals surface area contributed by atoms with Crippen LogP contribution in [-0.2, 0) is 24.5 Å². The molecule has 3 rings (SSSR count). The molecule has 0 aliphatic heterocycles. The van der Waals surface area contributed by atoms with Gasteiger partial charge >= 0.3 is 0 Å². The van der Waals surface area contributed by atoms with Crippen molar-refractivity contribution in [1.29, 1.82) is 0 Å². The smallest absolute Gasteiger partial charge is 0.244 e. The number of likely N-dealkylation sites (N-methyl/N-ethyl adjacent to an activating group) is 1. The maximum atomic E-state index is 12.5. The summed E-state index contributed by atoms with van der Waals surface area (Å²) in [5.41, 5.74) is 0.960. The molecule has 2 heterocycles. The Morgan fingerprint density at radius 1 is 1.30 bits per heavy atom. The molecule has 9 heteroatoms. The quantitative estimate of drug-likeness (QED) is 0.561. The number of aromatic nitrogens is 4. The molecular weight excluding hydrogens is 366 g/mol. The van der Waals surface area contributed by atoms with Crippen molar-refractivity contribution in [1.82, 2.24) is 25.1 Å². The van der Waals surface area contributed by atoms with Gasteiger partial charge in [-0.1, -0.05) is 12.1 Å². The van der Waals surface area contributed by atoms with Gasteiger partial charge in [0.2, 0.25) is 5.91 Å². The van der Waals surface area contributed by atoms with Gasteiger partial charge in [0.25, 0.3) is 0 Å². The summed E-state index contributed by atoms with van der Waals surface area (Å²) in [6, 6.07) is 9.74. The first-order valence-electron chi connectivity index (χ1n) is 8.50. The number of ether oxygens (including phenoxy) is 2. The highest BCUT2D eigenvalue weighted by atomic mass is 32.1. The van der Waals surface area contributed by atoms with E-state index in [1.807, 2.05) is 42.6 Å². The lowest BCUT2D eigenvalue weighted by atomic mass is 10.2. The zero-order valence-corrected chi connectivity index (χ0v) is 16.1. The van der Waals surface area contributed by atoms with Crippen LogP contribution in [0.5, 0.6) is 11.5 Å². The van der Waals surface area contributed by atoms with Gasteiger partial charge in [0.05, 0.1) is 7.11 Å². The topological polar surface area (TPSA) is 82.4 Å². The fourth-order valence-corrected chi connectivity index (χ4v) is 3.18. The normalized spacial score (nSPS) is 10.6. The van der Waals surface area contributed by atoms with Crippen molar-refractivity contribution in [3.05, 3.63) is 52.5 Å². The van der Waals surface area contributed by atoms with Crippen molar-refractivity contribution >= 4 is 17.2 Å². The Labute approximate surface area is 161 Å². The Kier molecular flexibility index (Phi) is 6.37. The largest absolute Gasteiger partial charge is 0.493 e. The van der Waals surface area contributed by atoms with Crippen molar-refractivity contribution < 1.29 is 14.3 Å². The number of thiophene rings is 1. The van der Waals surface area contributed by atoms with Gasteiger partial charge < -0.3 is 14.4 Å². The lowest BCUT2D eigenvalue weighted by Crippen LogP contribution is -2.33. The maximum Gasteiger partial charge on any atom is 0.244 e. The summed E-state index contributed by atoms with van der Waals surface area (Å²) in [4.78, 5) is 15.3. The van der Waals surface area contributed by atoms with Crippen LogP contribution in [-0.4, -0.2) is 44.7 Å². The summed E-state index contributed by atoms with van der Waals surface area (Å²) < 4.78 is 12.7. The number of rotatable bonds is 9. The fourth-order valence-electron chi connectivity index (χ4n) is 2.56. The van der Waals surface area contributed by atoms with E-state index in [1.165, 1.54) is 11.0 Å². The average Bonchev–Trinajstić information content (AvgIpc) is 3.38. The van der Waals surface area contributed by atoms with E-state index in [2.05, 4.69) is 15.5 Å². The monoisotopic (exact) mass is 387 g/mol. The molecule has 8 nitrogen and oxygen atoms in total. The Morgan fingerprint density at radius 2 is 2.19 bits per heavy atom. The van der Waals surface area contributed by atoms with E-state index in [0.29, 0.717) is 31.2 Å². The van der Waals surface area contributed by atoms with Crippen LogP contribution < -0.4 is 9.47 Å². The van der Waals surface area contributed by atoms with Crippen molar-refractivity contribution in [3.8, 4) is 11.5 Å². The molecule has 0 aliphatic carbocycles. The molecule has 0 fully saturated rings. The number of carbonyl (C=O) groups is 1. The summed E-state index contributed by atoms with van der Waals surface area (Å²) >= 11 is 1.65. The zero-order chi connectivity index (χ0) is 19.1. The third kappa shape index (κ3) is 5.04. The molecule has 0 N–H and O–H groups in total. The van der Waals surface area contributed by atoms with Crippen LogP contribution in [0.2, 0.25) is 0 Å². The number of tetrazole rings is 1. The van der Waals surface area contributed by atoms with Gasteiger partial charge in [-0.05, 0) is 46.5 Å². The minimum atomic E-state index is -0.0539. The second kappa shape index (κ2) is 9.13. The van der Waals surface area contributed by atoms with E-state index < -0.39 is 0 Å². The Morgan fingerprint density at radius 3 is 2.85 bits per heavy atom. The first-order valence-corrected chi connectivity index (χ1v) is 9.38. The Balaban J connectivity index is 1.65. The number of hydrogen-bond donors (Lipinski definition) is 0. The molecule has 0 atom stereocenters. The van der Waals surface area contributed by atoms with Crippen LogP contribution in [0.15, 0.2) is 42.0 Å². The average molecular weight is 387 g/mol. The number of methoxy groups -OCH3 is 1. The molecule has 0 bridgehead atoms. The molecule has 0 saturated heterocycles. The van der Waals surface area contributed by atoms with Gasteiger partial charge in [-0.3, -0.25) is 4.79 Å². The Hall–Kier alpha value is -2.94. The fraction of sp³-hybridized carbons (Fsp3) is 0.333. The van der Waals surface area contributed by atoms with E-state index in [4.69, 9.17) is 9.47 Å². The number of benzene rings is 1. The predicted molar refractivity (Wildman–Crippen MR) is 101 cm³/mol. The van der Waals surface area contributed by atoms with Gasteiger partial charge in [-0.25, -0.2) is 4.68 Å². The van der Waals surface area contributed by atoms with Crippen LogP contribution in [0.4, 0.5) is 0 Å². The molecule has 3 aromatic rings. The summed E-state index contributed by atoms with van der Waals surface area (Å²) in [6.07, 6.45) is 1.43. The molecule has 142 valence electrons. The summed E-state index contributed by atoms with van der Waals surface area (Å²) in [7, 11) is 1.61. The molecular formula is C18H21N5O3S. The van der Waals surface area contributed by atoms with Crippen molar-refractivity contribution in [2.24, 2.45) is 0 Å². The molecule has 1 amide bonds. The molecule has 27 heavy (non-hydrogen) atoms. The van der Waals surface area contributed by atoms with E-state index >= 15 is 0 Å². The molecule has 0 saturated carbocycles. The van der Waals surface area contributed by atoms with Crippen LogP contribution >= 0.6 is 11.3 Å². The summed E-state index contributed by atoms with van der Waals surface area (Å²) in [5.74, 6) is 1.27. The third-order valence-corrected chi connectivity index (χ3v) is 4.82. The summed E-state index contributed by atoms with van der Waals surface area (Å²) in [5, 5.41) is 12.8. The highest BCUT2D eigenvalue weighted by Crippen LogP contribution is 2.29. The van der Waals surface area contributed by atoms with Crippen LogP contribution in [0.3, 0.4) is 0 Å². The molecule has 0 spiro atoms. The van der Waals surface area contributed by atoms with Crippen molar-refractivity contribution in [2.45, 2.75) is 26.6 Å². The summed E-state index contributed by atoms with van der Waals surface area (Å²) in [6.45, 7) is 3.60. The van der Waals surface area contributed by atoms with Crippen molar-refractivity contribution in [3.63, 3.8) is 0 Å². The molecule has 0 aliphatic rings. The number of hydrogen-bond acceptors (Lipinski definition) is 7. The van der Waals surface area contributed by atoms with Gasteiger partial charge in [0.1, 0.15) is 19.5 Å². The Bertz CT molecular complexity index is 852. The van der Waals surface area contributed by atoms with Gasteiger partial charge in [-0.2, -0.15) is 0 Å². The van der Waals surface area contributed by atoms with Gasteiger partial charge in [0, 0.05) is 18.0 Å². The van der Waals surface area contributed by atoms with E-state index in [0.717, 1.165) is 10.4 Å². The van der Waals surface area contributed by atoms with E-state index in [9.17, 15) is 4.79 Å². The number of nitrogens with zero attached hydrogens (tertiary/aromatic N) is 5. The van der Waals surface area contributed by atoms with E-state index in [1.54, 1.807) is 23.3 Å². The lowest BCUT2D eigenvalue weighted by molar-refractivity contribution is -0.132. The number of carbonyl (C=O) groups excluding carboxylic acids is 1. The van der Waals surface area contributed by atoms with Gasteiger partial charge in [-0.15, -0.1) is 16.4 Å². The second-order valence-corrected chi connectivity index (χ2v) is 6.80. The second-order valence-electron chi connectivity index (χ2n) is 5.77. The lowest BCUT2D eigenvalue weighted by Gasteiger charge is -2.21. The number of amides is 1. The zero-order valence-electron chi connectivity index (χ0n) is 15.2. The van der Waals surface area contributed by atoms with Crippen LogP contribution in [0.1, 0.15) is 17.4 Å². The van der Waals surface area contributed by atoms with Gasteiger partial charge in [0.15, 0.2) is 11.5 Å². The molecule has 0 unspecified atom stereocenters. The minimum absolute atomic E-state index is 0.0539. The van der Waals surface area contributed by atoms with E-state index in [-0.39, 0.29) is 12.5 Å². The first kappa shape index (κ1) is 18.8. The van der Waals surface area contributed by atoms with Crippen LogP contribution in [0, 0.1) is 0 Å². The molecule has 0 radical (unpaired) electrons. The highest BCUT2D eigenvalue weighted by molar-refractivity contribution is 7.09. The molecule has 1 aromatic carbocycles. The first-order chi connectivity index (χ1) is 13.2. The highest BCUT2D eigenvalue weighted by Gasteiger charge is 2.15.